The molecule has 9 heteroatoms. The van der Waals surface area contributed by atoms with Crippen molar-refractivity contribution in [3.05, 3.63) is 23.8 Å². The summed E-state index contributed by atoms with van der Waals surface area (Å²) in [4.78, 5) is 24.7. The minimum atomic E-state index is -3.94. The summed E-state index contributed by atoms with van der Waals surface area (Å²) >= 11 is 0. The number of rotatable bonds is 8. The molecule has 1 aromatic carbocycles. The van der Waals surface area contributed by atoms with Crippen LogP contribution in [0.25, 0.3) is 0 Å². The van der Waals surface area contributed by atoms with E-state index in [2.05, 4.69) is 10.0 Å². The van der Waals surface area contributed by atoms with Gasteiger partial charge in [0.1, 0.15) is 10.6 Å². The van der Waals surface area contributed by atoms with Gasteiger partial charge in [-0.1, -0.05) is 19.3 Å². The van der Waals surface area contributed by atoms with Gasteiger partial charge in [-0.25, -0.2) is 17.9 Å². The van der Waals surface area contributed by atoms with Crippen molar-refractivity contribution in [2.24, 2.45) is 5.92 Å². The molecule has 1 saturated carbocycles. The molecule has 1 aromatic rings. The molecule has 0 saturated heterocycles. The SMILES string of the molecule is COc1ccc(C(=O)OC(C)C(=O)NCC2CCCCC2)cc1S(=O)(=O)NC(C)(C)C. The number of hydrogen-bond donors (Lipinski definition) is 2. The molecule has 1 aliphatic rings. The molecule has 0 spiro atoms. The van der Waals surface area contributed by atoms with Crippen LogP contribution in [-0.2, 0) is 19.6 Å². The second-order valence-electron chi connectivity index (χ2n) is 9.02. The number of nitrogens with one attached hydrogen (secondary N) is 2. The Morgan fingerprint density at radius 3 is 2.39 bits per heavy atom. The fourth-order valence-corrected chi connectivity index (χ4v) is 5.15. The Labute approximate surface area is 185 Å². The predicted octanol–water partition coefficient (Wildman–Crippen LogP) is 3.01. The van der Waals surface area contributed by atoms with E-state index in [9.17, 15) is 18.0 Å². The average molecular weight is 455 g/mol. The van der Waals surface area contributed by atoms with Gasteiger partial charge in [0.15, 0.2) is 6.10 Å². The summed E-state index contributed by atoms with van der Waals surface area (Å²) in [6.07, 6.45) is 4.80. The highest BCUT2D eigenvalue weighted by Gasteiger charge is 2.27. The van der Waals surface area contributed by atoms with Crippen molar-refractivity contribution in [2.75, 3.05) is 13.7 Å². The molecule has 0 bridgehead atoms. The van der Waals surface area contributed by atoms with Crippen molar-refractivity contribution in [1.29, 1.82) is 0 Å². The van der Waals surface area contributed by atoms with Crippen LogP contribution in [0.1, 0.15) is 70.2 Å². The lowest BCUT2D eigenvalue weighted by Crippen LogP contribution is -2.40. The van der Waals surface area contributed by atoms with E-state index in [0.717, 1.165) is 12.8 Å². The summed E-state index contributed by atoms with van der Waals surface area (Å²) in [6, 6.07) is 3.99. The molecule has 0 radical (unpaired) electrons. The number of carbonyl (C=O) groups excluding carboxylic acids is 2. The third kappa shape index (κ3) is 7.50. The number of sulfonamides is 1. The molecule has 1 aliphatic carbocycles. The van der Waals surface area contributed by atoms with E-state index in [1.807, 2.05) is 0 Å². The van der Waals surface area contributed by atoms with E-state index in [0.29, 0.717) is 12.5 Å². The van der Waals surface area contributed by atoms with Gasteiger partial charge in [0.2, 0.25) is 10.0 Å². The Morgan fingerprint density at radius 2 is 1.81 bits per heavy atom. The first-order valence-corrected chi connectivity index (χ1v) is 12.1. The van der Waals surface area contributed by atoms with Crippen LogP contribution in [0.4, 0.5) is 0 Å². The third-order valence-electron chi connectivity index (χ3n) is 5.07. The standard InChI is InChI=1S/C22H34N2O6S/c1-15(20(25)23-14-16-9-7-6-8-10-16)30-21(26)17-11-12-18(29-5)19(13-17)31(27,28)24-22(2,3)4/h11-13,15-16,24H,6-10,14H2,1-5H3,(H,23,25). The van der Waals surface area contributed by atoms with Gasteiger partial charge in [0.05, 0.1) is 12.7 Å². The fourth-order valence-electron chi connectivity index (χ4n) is 3.53. The summed E-state index contributed by atoms with van der Waals surface area (Å²) < 4.78 is 38.5. The molecule has 1 fully saturated rings. The predicted molar refractivity (Wildman–Crippen MR) is 118 cm³/mol. The summed E-state index contributed by atoms with van der Waals surface area (Å²) in [7, 11) is -2.60. The molecule has 0 heterocycles. The van der Waals surface area contributed by atoms with Crippen LogP contribution >= 0.6 is 0 Å². The molecule has 0 aliphatic heterocycles. The number of amides is 1. The van der Waals surface area contributed by atoms with E-state index in [-0.39, 0.29) is 22.1 Å². The van der Waals surface area contributed by atoms with E-state index in [1.165, 1.54) is 51.5 Å². The van der Waals surface area contributed by atoms with Crippen LogP contribution < -0.4 is 14.8 Å². The van der Waals surface area contributed by atoms with Gasteiger partial charge in [0, 0.05) is 12.1 Å². The molecule has 1 amide bonds. The second kappa shape index (κ2) is 10.5. The van der Waals surface area contributed by atoms with Crippen molar-refractivity contribution >= 4 is 21.9 Å². The number of carbonyl (C=O) groups is 2. The maximum Gasteiger partial charge on any atom is 0.338 e. The largest absolute Gasteiger partial charge is 0.495 e. The average Bonchev–Trinajstić information content (AvgIpc) is 2.70. The maximum absolute atomic E-state index is 12.8. The zero-order valence-corrected chi connectivity index (χ0v) is 19.8. The zero-order valence-electron chi connectivity index (χ0n) is 19.0. The van der Waals surface area contributed by atoms with Crippen LogP contribution in [0.15, 0.2) is 23.1 Å². The number of methoxy groups -OCH3 is 1. The van der Waals surface area contributed by atoms with E-state index < -0.39 is 27.6 Å². The molecule has 0 aromatic heterocycles. The lowest BCUT2D eigenvalue weighted by atomic mass is 9.89. The van der Waals surface area contributed by atoms with Crippen molar-refractivity contribution < 1.29 is 27.5 Å². The molecular formula is C22H34N2O6S. The normalized spacial score (nSPS) is 16.4. The molecule has 174 valence electrons. The van der Waals surface area contributed by atoms with Crippen LogP contribution in [0.2, 0.25) is 0 Å². The van der Waals surface area contributed by atoms with Crippen molar-refractivity contribution in [3.8, 4) is 5.75 Å². The lowest BCUT2D eigenvalue weighted by molar-refractivity contribution is -0.129. The van der Waals surface area contributed by atoms with Gasteiger partial charge in [-0.3, -0.25) is 4.79 Å². The Kier molecular flexibility index (Phi) is 8.48. The topological polar surface area (TPSA) is 111 Å². The Morgan fingerprint density at radius 1 is 1.16 bits per heavy atom. The molecule has 1 atom stereocenters. The van der Waals surface area contributed by atoms with E-state index in [4.69, 9.17) is 9.47 Å². The molecule has 31 heavy (non-hydrogen) atoms. The number of esters is 1. The number of hydrogen-bond acceptors (Lipinski definition) is 6. The minimum absolute atomic E-state index is 0.0158. The monoisotopic (exact) mass is 454 g/mol. The van der Waals surface area contributed by atoms with Crippen LogP contribution in [0.5, 0.6) is 5.75 Å². The van der Waals surface area contributed by atoms with Crippen LogP contribution in [-0.4, -0.2) is 45.6 Å². The third-order valence-corrected chi connectivity index (χ3v) is 6.85. The maximum atomic E-state index is 12.8. The van der Waals surface area contributed by atoms with Crippen molar-refractivity contribution in [2.45, 2.75) is 76.3 Å². The summed E-state index contributed by atoms with van der Waals surface area (Å²) in [5, 5.41) is 2.85. The quantitative estimate of drug-likeness (QED) is 0.584. The Balaban J connectivity index is 2.07. The number of benzene rings is 1. The van der Waals surface area contributed by atoms with Gasteiger partial charge >= 0.3 is 5.97 Å². The lowest BCUT2D eigenvalue weighted by Gasteiger charge is -2.23. The molecule has 1 unspecified atom stereocenters. The zero-order chi connectivity index (χ0) is 23.2. The molecule has 2 N–H and O–H groups in total. The number of ether oxygens (including phenoxy) is 2. The van der Waals surface area contributed by atoms with Gasteiger partial charge in [-0.2, -0.15) is 0 Å². The van der Waals surface area contributed by atoms with Gasteiger partial charge in [0.25, 0.3) is 5.91 Å². The Hall–Kier alpha value is -2.13. The van der Waals surface area contributed by atoms with Crippen LogP contribution in [0, 0.1) is 5.92 Å². The summed E-state index contributed by atoms with van der Waals surface area (Å²) in [6.45, 7) is 7.20. The second-order valence-corrected chi connectivity index (χ2v) is 10.7. The van der Waals surface area contributed by atoms with Crippen molar-refractivity contribution in [1.82, 2.24) is 10.0 Å². The summed E-state index contributed by atoms with van der Waals surface area (Å²) in [5.74, 6) is -0.582. The molecule has 2 rings (SSSR count). The summed E-state index contributed by atoms with van der Waals surface area (Å²) in [5.41, 5.74) is -0.701. The first kappa shape index (κ1) is 25.1. The van der Waals surface area contributed by atoms with Crippen molar-refractivity contribution in [3.63, 3.8) is 0 Å². The first-order chi connectivity index (χ1) is 14.4. The molecular weight excluding hydrogens is 420 g/mol. The van der Waals surface area contributed by atoms with Gasteiger partial charge < -0.3 is 14.8 Å². The van der Waals surface area contributed by atoms with Gasteiger partial charge in [-0.05, 0) is 64.7 Å². The Bertz CT molecular complexity index is 886. The highest BCUT2D eigenvalue weighted by atomic mass is 32.2. The first-order valence-electron chi connectivity index (χ1n) is 10.6. The highest BCUT2D eigenvalue weighted by Crippen LogP contribution is 2.27. The van der Waals surface area contributed by atoms with Crippen LogP contribution in [0.3, 0.4) is 0 Å². The van der Waals surface area contributed by atoms with E-state index >= 15 is 0 Å². The minimum Gasteiger partial charge on any atom is -0.495 e. The smallest absolute Gasteiger partial charge is 0.338 e. The van der Waals surface area contributed by atoms with E-state index in [1.54, 1.807) is 20.8 Å². The van der Waals surface area contributed by atoms with Gasteiger partial charge in [-0.15, -0.1) is 0 Å². The fraction of sp³-hybridized carbons (Fsp3) is 0.636. The molecule has 8 nitrogen and oxygen atoms in total. The highest BCUT2D eigenvalue weighted by molar-refractivity contribution is 7.89.